The first kappa shape index (κ1) is 15.2. The van der Waals surface area contributed by atoms with Gasteiger partial charge in [-0.25, -0.2) is 4.72 Å². The van der Waals surface area contributed by atoms with E-state index in [1.807, 2.05) is 11.8 Å². The van der Waals surface area contributed by atoms with E-state index in [1.165, 1.54) is 10.5 Å². The van der Waals surface area contributed by atoms with Crippen molar-refractivity contribution >= 4 is 23.7 Å². The molecule has 0 bridgehead atoms. The van der Waals surface area contributed by atoms with E-state index in [1.54, 1.807) is 11.9 Å². The maximum atomic E-state index is 5.45. The number of rotatable bonds is 5. The highest BCUT2D eigenvalue weighted by Crippen LogP contribution is 2.35. The van der Waals surface area contributed by atoms with Gasteiger partial charge in [0, 0.05) is 9.64 Å². The van der Waals surface area contributed by atoms with E-state index in [9.17, 15) is 0 Å². The Morgan fingerprint density at radius 1 is 1.21 bits per heavy atom. The third-order valence-electron chi connectivity index (χ3n) is 2.97. The zero-order valence-electron chi connectivity index (χ0n) is 12.2. The summed E-state index contributed by atoms with van der Waals surface area (Å²) in [5.41, 5.74) is 1.32. The predicted molar refractivity (Wildman–Crippen MR) is 85.8 cm³/mol. The molecule has 1 aromatic carbocycles. The Labute approximate surface area is 125 Å². The van der Waals surface area contributed by atoms with Crippen LogP contribution in [0.2, 0.25) is 0 Å². The van der Waals surface area contributed by atoms with Crippen molar-refractivity contribution < 1.29 is 4.74 Å². The zero-order valence-corrected chi connectivity index (χ0v) is 13.8. The van der Waals surface area contributed by atoms with Gasteiger partial charge in [-0.15, -0.1) is 11.8 Å². The Morgan fingerprint density at radius 2 is 1.84 bits per heavy atom. The Balaban J connectivity index is 2.08. The molecule has 0 atom stereocenters. The molecule has 0 amide bonds. The van der Waals surface area contributed by atoms with Gasteiger partial charge in [-0.05, 0) is 44.2 Å². The Kier molecular flexibility index (Phi) is 4.88. The third-order valence-corrected chi connectivity index (χ3v) is 4.97. The standard InChI is InChI=1S/C15H23NOS2/c1-5-18-13-8-6-12(7-9-13)15(10-17-11-15)16-19-14(2,3)4/h6-9,16H,5,10-11H2,1-4H3. The highest BCUT2D eigenvalue weighted by atomic mass is 32.2. The van der Waals surface area contributed by atoms with Crippen LogP contribution in [-0.2, 0) is 10.3 Å². The molecule has 2 rings (SSSR count). The van der Waals surface area contributed by atoms with Crippen LogP contribution in [0.1, 0.15) is 33.3 Å². The van der Waals surface area contributed by atoms with E-state index in [0.717, 1.165) is 19.0 Å². The summed E-state index contributed by atoms with van der Waals surface area (Å²) in [6, 6.07) is 8.90. The lowest BCUT2D eigenvalue weighted by Crippen LogP contribution is -2.55. The number of nitrogens with one attached hydrogen (secondary N) is 1. The van der Waals surface area contributed by atoms with Gasteiger partial charge in [0.25, 0.3) is 0 Å². The predicted octanol–water partition coefficient (Wildman–Crippen LogP) is 4.06. The minimum atomic E-state index is -0.00659. The van der Waals surface area contributed by atoms with Crippen molar-refractivity contribution in [3.8, 4) is 0 Å². The zero-order chi connectivity index (χ0) is 13.9. The van der Waals surface area contributed by atoms with Crippen LogP contribution in [0.15, 0.2) is 29.2 Å². The highest BCUT2D eigenvalue weighted by molar-refractivity contribution is 7.99. The summed E-state index contributed by atoms with van der Waals surface area (Å²) < 4.78 is 9.29. The molecule has 1 N–H and O–H groups in total. The average Bonchev–Trinajstić information content (AvgIpc) is 2.28. The average molecular weight is 297 g/mol. The lowest BCUT2D eigenvalue weighted by Gasteiger charge is -2.43. The van der Waals surface area contributed by atoms with Crippen molar-refractivity contribution in [2.75, 3.05) is 19.0 Å². The Hall–Kier alpha value is -0.160. The second-order valence-electron chi connectivity index (χ2n) is 5.85. The summed E-state index contributed by atoms with van der Waals surface area (Å²) in [6.45, 7) is 10.4. The normalized spacial score (nSPS) is 18.1. The maximum absolute atomic E-state index is 5.45. The summed E-state index contributed by atoms with van der Waals surface area (Å²) in [5.74, 6) is 1.12. The SMILES string of the molecule is CCSc1ccc(C2(NSC(C)(C)C)COC2)cc1. The van der Waals surface area contributed by atoms with Gasteiger partial charge in [-0.3, -0.25) is 0 Å². The molecule has 1 fully saturated rings. The minimum absolute atomic E-state index is 0.00659. The van der Waals surface area contributed by atoms with Gasteiger partial charge < -0.3 is 4.74 Å². The van der Waals surface area contributed by atoms with Gasteiger partial charge in [-0.2, -0.15) is 0 Å². The monoisotopic (exact) mass is 297 g/mol. The van der Waals surface area contributed by atoms with E-state index in [0.29, 0.717) is 0 Å². The molecule has 1 saturated heterocycles. The van der Waals surface area contributed by atoms with Crippen molar-refractivity contribution in [2.45, 2.75) is 42.9 Å². The molecule has 1 aliphatic rings. The quantitative estimate of drug-likeness (QED) is 0.653. The molecule has 0 radical (unpaired) electrons. The van der Waals surface area contributed by atoms with Crippen molar-refractivity contribution in [3.63, 3.8) is 0 Å². The fourth-order valence-corrected chi connectivity index (χ4v) is 3.28. The smallest absolute Gasteiger partial charge is 0.0997 e. The van der Waals surface area contributed by atoms with Crippen molar-refractivity contribution in [2.24, 2.45) is 0 Å². The molecule has 0 aromatic heterocycles. The van der Waals surface area contributed by atoms with Crippen LogP contribution in [0.3, 0.4) is 0 Å². The fraction of sp³-hybridized carbons (Fsp3) is 0.600. The van der Waals surface area contributed by atoms with Crippen LogP contribution in [0.4, 0.5) is 0 Å². The van der Waals surface area contributed by atoms with Crippen LogP contribution in [0.5, 0.6) is 0 Å². The van der Waals surface area contributed by atoms with E-state index < -0.39 is 0 Å². The van der Waals surface area contributed by atoms with Gasteiger partial charge in [0.1, 0.15) is 0 Å². The molecular formula is C15H23NOS2. The molecule has 0 spiro atoms. The molecule has 2 nitrogen and oxygen atoms in total. The first-order valence-electron chi connectivity index (χ1n) is 6.71. The molecule has 19 heavy (non-hydrogen) atoms. The molecule has 0 aliphatic carbocycles. The lowest BCUT2D eigenvalue weighted by atomic mass is 9.89. The summed E-state index contributed by atoms with van der Waals surface area (Å²) in [5, 5.41) is 0. The van der Waals surface area contributed by atoms with Gasteiger partial charge in [0.2, 0.25) is 0 Å². The summed E-state index contributed by atoms with van der Waals surface area (Å²) in [6.07, 6.45) is 0. The fourth-order valence-electron chi connectivity index (χ4n) is 1.88. The molecule has 1 aliphatic heterocycles. The Bertz CT molecular complexity index is 407. The molecule has 1 heterocycles. The van der Waals surface area contributed by atoms with E-state index >= 15 is 0 Å². The van der Waals surface area contributed by atoms with Gasteiger partial charge in [0.05, 0.1) is 18.8 Å². The van der Waals surface area contributed by atoms with Crippen molar-refractivity contribution in [3.05, 3.63) is 29.8 Å². The number of hydrogen-bond donors (Lipinski definition) is 1. The second kappa shape index (κ2) is 6.08. The molecule has 106 valence electrons. The molecule has 0 saturated carbocycles. The molecule has 4 heteroatoms. The van der Waals surface area contributed by atoms with Gasteiger partial charge in [-0.1, -0.05) is 31.0 Å². The first-order chi connectivity index (χ1) is 8.95. The van der Waals surface area contributed by atoms with E-state index in [2.05, 4.69) is 56.7 Å². The van der Waals surface area contributed by atoms with Crippen LogP contribution in [0, 0.1) is 0 Å². The summed E-state index contributed by atoms with van der Waals surface area (Å²) in [7, 11) is 0. The van der Waals surface area contributed by atoms with Crippen LogP contribution < -0.4 is 4.72 Å². The minimum Gasteiger partial charge on any atom is -0.377 e. The van der Waals surface area contributed by atoms with E-state index in [-0.39, 0.29) is 10.3 Å². The highest BCUT2D eigenvalue weighted by Gasteiger charge is 2.41. The number of thioether (sulfide) groups is 1. The molecular weight excluding hydrogens is 274 g/mol. The van der Waals surface area contributed by atoms with E-state index in [4.69, 9.17) is 4.74 Å². The van der Waals surface area contributed by atoms with Crippen LogP contribution in [-0.4, -0.2) is 23.7 Å². The summed E-state index contributed by atoms with van der Waals surface area (Å²) >= 11 is 3.67. The molecule has 1 aromatic rings. The third kappa shape index (κ3) is 3.91. The van der Waals surface area contributed by atoms with Gasteiger partial charge in [0.15, 0.2) is 0 Å². The maximum Gasteiger partial charge on any atom is 0.0997 e. The van der Waals surface area contributed by atoms with Crippen LogP contribution in [0.25, 0.3) is 0 Å². The number of hydrogen-bond acceptors (Lipinski definition) is 4. The van der Waals surface area contributed by atoms with Crippen molar-refractivity contribution in [1.82, 2.24) is 4.72 Å². The Morgan fingerprint density at radius 3 is 2.26 bits per heavy atom. The van der Waals surface area contributed by atoms with Gasteiger partial charge >= 0.3 is 0 Å². The summed E-state index contributed by atoms with van der Waals surface area (Å²) in [4.78, 5) is 1.34. The number of ether oxygens (including phenoxy) is 1. The lowest BCUT2D eigenvalue weighted by molar-refractivity contribution is -0.0652. The van der Waals surface area contributed by atoms with Crippen molar-refractivity contribution in [1.29, 1.82) is 0 Å². The van der Waals surface area contributed by atoms with Crippen LogP contribution >= 0.6 is 23.7 Å². The largest absolute Gasteiger partial charge is 0.377 e. The second-order valence-corrected chi connectivity index (χ2v) is 8.82. The molecule has 0 unspecified atom stereocenters. The topological polar surface area (TPSA) is 21.3 Å². The number of benzene rings is 1. The first-order valence-corrected chi connectivity index (χ1v) is 8.52.